The molecule has 34 heavy (non-hydrogen) atoms. The van der Waals surface area contributed by atoms with E-state index in [1.54, 1.807) is 0 Å². The highest BCUT2D eigenvalue weighted by molar-refractivity contribution is 8.00. The number of nitrogens with zero attached hydrogens (tertiary/aromatic N) is 2. The fraction of sp³-hybridized carbons (Fsp3) is 0.360. The van der Waals surface area contributed by atoms with Gasteiger partial charge >= 0.3 is 5.97 Å². The predicted molar refractivity (Wildman–Crippen MR) is 137 cm³/mol. The summed E-state index contributed by atoms with van der Waals surface area (Å²) in [5, 5.41) is 12.6. The van der Waals surface area contributed by atoms with E-state index >= 15 is 0 Å². The molecular formula is C25H28FN3O3S2. The van der Waals surface area contributed by atoms with Crippen LogP contribution in [0.5, 0.6) is 5.75 Å². The van der Waals surface area contributed by atoms with E-state index in [0.717, 1.165) is 46.6 Å². The first-order valence-electron chi connectivity index (χ1n) is 11.2. The van der Waals surface area contributed by atoms with E-state index in [1.807, 2.05) is 5.38 Å². The Kier molecular flexibility index (Phi) is 7.63. The molecule has 0 unspecified atom stereocenters. The molecule has 0 amide bonds. The molecule has 1 aromatic heterocycles. The van der Waals surface area contributed by atoms with Crippen molar-refractivity contribution >= 4 is 40.6 Å². The molecule has 1 saturated heterocycles. The van der Waals surface area contributed by atoms with Crippen molar-refractivity contribution in [3.05, 3.63) is 53.2 Å². The topological polar surface area (TPSA) is 74.7 Å². The van der Waals surface area contributed by atoms with Crippen molar-refractivity contribution in [3.8, 4) is 16.3 Å². The van der Waals surface area contributed by atoms with E-state index in [1.165, 1.54) is 55.0 Å². The van der Waals surface area contributed by atoms with E-state index < -0.39 is 17.3 Å². The fourth-order valence-electron chi connectivity index (χ4n) is 4.15. The molecule has 1 aliphatic heterocycles. The van der Waals surface area contributed by atoms with Crippen LogP contribution in [0.25, 0.3) is 10.6 Å². The summed E-state index contributed by atoms with van der Waals surface area (Å²) >= 11 is 2.75. The van der Waals surface area contributed by atoms with Gasteiger partial charge in [0.05, 0.1) is 18.4 Å². The Labute approximate surface area is 207 Å². The lowest BCUT2D eigenvalue weighted by Crippen LogP contribution is -2.35. The number of methoxy groups -OCH3 is 1. The summed E-state index contributed by atoms with van der Waals surface area (Å²) in [4.78, 5) is 18.3. The Hall–Kier alpha value is -2.78. The molecule has 4 rings (SSSR count). The summed E-state index contributed by atoms with van der Waals surface area (Å²) in [6.07, 6.45) is 2.49. The van der Waals surface area contributed by atoms with Gasteiger partial charge < -0.3 is 19.5 Å². The van der Waals surface area contributed by atoms with Gasteiger partial charge in [-0.25, -0.2) is 14.2 Å². The second-order valence-electron chi connectivity index (χ2n) is 8.65. The van der Waals surface area contributed by atoms with Crippen LogP contribution in [-0.2, 0) is 0 Å². The summed E-state index contributed by atoms with van der Waals surface area (Å²) in [6, 6.07) is 10.8. The molecule has 0 spiro atoms. The largest absolute Gasteiger partial charge is 0.495 e. The van der Waals surface area contributed by atoms with E-state index in [9.17, 15) is 9.18 Å². The summed E-state index contributed by atoms with van der Waals surface area (Å²) in [5.74, 6) is -0.356. The van der Waals surface area contributed by atoms with Gasteiger partial charge in [0.15, 0.2) is 0 Å². The maximum absolute atomic E-state index is 14.1. The molecule has 0 bridgehead atoms. The maximum Gasteiger partial charge on any atom is 0.338 e. The summed E-state index contributed by atoms with van der Waals surface area (Å²) in [5.41, 5.74) is 2.20. The number of aromatic carboxylic acids is 1. The zero-order valence-electron chi connectivity index (χ0n) is 19.4. The van der Waals surface area contributed by atoms with E-state index in [4.69, 9.17) is 9.84 Å². The predicted octanol–water partition coefficient (Wildman–Crippen LogP) is 6.65. The molecule has 2 aromatic carbocycles. The number of carbonyl (C=O) groups is 1. The molecule has 0 radical (unpaired) electrons. The molecule has 0 atom stereocenters. The van der Waals surface area contributed by atoms with Gasteiger partial charge in [-0.3, -0.25) is 0 Å². The summed E-state index contributed by atoms with van der Waals surface area (Å²) in [7, 11) is 1.41. The van der Waals surface area contributed by atoms with Gasteiger partial charge in [-0.15, -0.1) is 11.3 Å². The Morgan fingerprint density at radius 1 is 1.26 bits per heavy atom. The van der Waals surface area contributed by atoms with Crippen molar-refractivity contribution in [2.45, 2.75) is 31.7 Å². The number of carboxylic acid groups (broad SMARTS) is 1. The van der Waals surface area contributed by atoms with Gasteiger partial charge in [0.2, 0.25) is 0 Å². The van der Waals surface area contributed by atoms with Crippen LogP contribution < -0.4 is 14.4 Å². The summed E-state index contributed by atoms with van der Waals surface area (Å²) < 4.78 is 22.3. The molecule has 6 nitrogen and oxygen atoms in total. The molecule has 9 heteroatoms. The number of carboxylic acids is 1. The van der Waals surface area contributed by atoms with Crippen LogP contribution in [0.4, 0.5) is 15.8 Å². The van der Waals surface area contributed by atoms with Crippen molar-refractivity contribution in [2.24, 2.45) is 11.8 Å². The second-order valence-corrected chi connectivity index (χ2v) is 10.3. The van der Waals surface area contributed by atoms with Crippen molar-refractivity contribution in [1.29, 1.82) is 0 Å². The number of rotatable bonds is 8. The zero-order valence-corrected chi connectivity index (χ0v) is 21.0. The van der Waals surface area contributed by atoms with Gasteiger partial charge in [-0.05, 0) is 55.0 Å². The van der Waals surface area contributed by atoms with Crippen molar-refractivity contribution in [2.75, 3.05) is 29.8 Å². The Morgan fingerprint density at radius 3 is 2.59 bits per heavy atom. The minimum Gasteiger partial charge on any atom is -0.495 e. The number of thiazole rings is 1. The van der Waals surface area contributed by atoms with E-state index in [2.05, 4.69) is 52.7 Å². The van der Waals surface area contributed by atoms with Crippen LogP contribution in [0, 0.1) is 17.7 Å². The maximum atomic E-state index is 14.1. The quantitative estimate of drug-likeness (QED) is 0.335. The van der Waals surface area contributed by atoms with Crippen molar-refractivity contribution in [1.82, 2.24) is 4.98 Å². The number of hydrogen-bond donors (Lipinski definition) is 2. The minimum absolute atomic E-state index is 0.245. The minimum atomic E-state index is -1.34. The first kappa shape index (κ1) is 24.3. The molecule has 0 saturated carbocycles. The third kappa shape index (κ3) is 5.47. The average molecular weight is 502 g/mol. The van der Waals surface area contributed by atoms with E-state index in [-0.39, 0.29) is 5.75 Å². The van der Waals surface area contributed by atoms with Gasteiger partial charge in [0, 0.05) is 47.7 Å². The number of aromatic nitrogens is 1. The molecule has 2 N–H and O–H groups in total. The standard InChI is InChI=1S/C25H28FN3O3S2/c1-15(2)16-8-10-29(11-9-16)18-6-4-17(5-7-18)24-27-23(14-33-24)34-28-21-13-20(26)19(25(30)31)12-22(21)32-3/h4-7,12-16,28H,8-11H2,1-3H3,(H,30,31). The monoisotopic (exact) mass is 501 g/mol. The molecule has 1 fully saturated rings. The van der Waals surface area contributed by atoms with Crippen LogP contribution in [-0.4, -0.2) is 36.3 Å². The number of anilines is 2. The number of halogens is 1. The van der Waals surface area contributed by atoms with Crippen LogP contribution in [0.1, 0.15) is 37.0 Å². The van der Waals surface area contributed by atoms with Crippen LogP contribution in [0.2, 0.25) is 0 Å². The molecule has 180 valence electrons. The molecule has 2 heterocycles. The van der Waals surface area contributed by atoms with Crippen LogP contribution in [0.15, 0.2) is 46.8 Å². The Bertz CT molecular complexity index is 1140. The van der Waals surface area contributed by atoms with E-state index in [0.29, 0.717) is 5.69 Å². The highest BCUT2D eigenvalue weighted by atomic mass is 32.2. The van der Waals surface area contributed by atoms with Crippen molar-refractivity contribution < 1.29 is 19.0 Å². The average Bonchev–Trinajstić information content (AvgIpc) is 3.32. The van der Waals surface area contributed by atoms with Gasteiger partial charge in [-0.2, -0.15) is 0 Å². The first-order chi connectivity index (χ1) is 16.4. The second kappa shape index (κ2) is 10.7. The molecule has 0 aliphatic carbocycles. The molecule has 3 aromatic rings. The highest BCUT2D eigenvalue weighted by Gasteiger charge is 2.22. The zero-order chi connectivity index (χ0) is 24.2. The Balaban J connectivity index is 1.39. The molecular weight excluding hydrogens is 473 g/mol. The first-order valence-corrected chi connectivity index (χ1v) is 12.9. The van der Waals surface area contributed by atoms with Gasteiger partial charge in [0.1, 0.15) is 21.6 Å². The number of ether oxygens (including phenoxy) is 1. The number of hydrogen-bond acceptors (Lipinski definition) is 7. The smallest absolute Gasteiger partial charge is 0.338 e. The van der Waals surface area contributed by atoms with Crippen LogP contribution in [0.3, 0.4) is 0 Å². The molecule has 1 aliphatic rings. The lowest BCUT2D eigenvalue weighted by molar-refractivity contribution is 0.0691. The Morgan fingerprint density at radius 2 is 1.97 bits per heavy atom. The normalized spacial score (nSPS) is 14.4. The number of piperidine rings is 1. The fourth-order valence-corrected chi connectivity index (χ4v) is 5.74. The number of benzene rings is 2. The third-order valence-corrected chi connectivity index (χ3v) is 8.01. The lowest BCUT2D eigenvalue weighted by atomic mass is 9.86. The van der Waals surface area contributed by atoms with Crippen molar-refractivity contribution in [3.63, 3.8) is 0 Å². The van der Waals surface area contributed by atoms with Gasteiger partial charge in [0.25, 0.3) is 0 Å². The summed E-state index contributed by atoms with van der Waals surface area (Å²) in [6.45, 7) is 6.83. The van der Waals surface area contributed by atoms with Gasteiger partial charge in [-0.1, -0.05) is 13.8 Å². The third-order valence-electron chi connectivity index (χ3n) is 6.23. The highest BCUT2D eigenvalue weighted by Crippen LogP contribution is 2.35. The SMILES string of the molecule is COc1cc(C(=O)O)c(F)cc1NSc1csc(-c2ccc(N3CCC(C(C)C)CC3)cc2)n1. The lowest BCUT2D eigenvalue weighted by Gasteiger charge is -2.35. The van der Waals surface area contributed by atoms with Crippen LogP contribution >= 0.6 is 23.3 Å². The number of nitrogens with one attached hydrogen (secondary N) is 1.